The third kappa shape index (κ3) is 3.19. The van der Waals surface area contributed by atoms with Gasteiger partial charge in [0.1, 0.15) is 0 Å². The highest BCUT2D eigenvalue weighted by molar-refractivity contribution is 7.89. The van der Waals surface area contributed by atoms with E-state index in [1.165, 1.54) is 0 Å². The maximum atomic E-state index is 13.5. The molecule has 0 aliphatic carbocycles. The van der Waals surface area contributed by atoms with Crippen LogP contribution in [0.2, 0.25) is 0 Å². The summed E-state index contributed by atoms with van der Waals surface area (Å²) in [6.07, 6.45) is 0.615. The lowest BCUT2D eigenvalue weighted by atomic mass is 9.92. The van der Waals surface area contributed by atoms with Gasteiger partial charge in [0.25, 0.3) is 0 Å². The summed E-state index contributed by atoms with van der Waals surface area (Å²) in [5.41, 5.74) is 2.02. The molecule has 0 bridgehead atoms. The zero-order valence-corrected chi connectivity index (χ0v) is 17.3. The van der Waals surface area contributed by atoms with Crippen molar-refractivity contribution in [2.75, 3.05) is 20.8 Å². The first-order valence-corrected chi connectivity index (χ1v) is 11.2. The number of rotatable bonds is 5. The second-order valence-electron chi connectivity index (χ2n) is 6.50. The minimum Gasteiger partial charge on any atom is -0.493 e. The van der Waals surface area contributed by atoms with E-state index in [1.807, 2.05) is 35.7 Å². The minimum atomic E-state index is -3.65. The molecule has 2 aromatic carbocycles. The van der Waals surface area contributed by atoms with Gasteiger partial charge in [-0.1, -0.05) is 24.3 Å². The summed E-state index contributed by atoms with van der Waals surface area (Å²) in [4.78, 5) is 1.29. The quantitative estimate of drug-likeness (QED) is 0.630. The first-order valence-electron chi connectivity index (χ1n) is 8.91. The van der Waals surface area contributed by atoms with Gasteiger partial charge in [-0.25, -0.2) is 8.42 Å². The van der Waals surface area contributed by atoms with Crippen molar-refractivity contribution in [2.45, 2.75) is 17.4 Å². The molecule has 0 fully saturated rings. The highest BCUT2D eigenvalue weighted by Gasteiger charge is 2.38. The summed E-state index contributed by atoms with van der Waals surface area (Å²) >= 11 is 1.55. The topological polar surface area (TPSA) is 55.8 Å². The highest BCUT2D eigenvalue weighted by Crippen LogP contribution is 2.44. The Morgan fingerprint density at radius 1 is 1.00 bits per heavy atom. The van der Waals surface area contributed by atoms with Gasteiger partial charge in [-0.3, -0.25) is 0 Å². The molecular weight excluding hydrogens is 394 g/mol. The molecule has 1 aliphatic heterocycles. The van der Waals surface area contributed by atoms with Crippen molar-refractivity contribution < 1.29 is 17.9 Å². The Kier molecular flexibility index (Phi) is 5.14. The first-order chi connectivity index (χ1) is 13.6. The van der Waals surface area contributed by atoms with E-state index >= 15 is 0 Å². The van der Waals surface area contributed by atoms with Gasteiger partial charge in [0.05, 0.1) is 25.2 Å². The Bertz CT molecular complexity index is 1060. The van der Waals surface area contributed by atoms with E-state index in [2.05, 4.69) is 0 Å². The van der Waals surface area contributed by atoms with Crippen LogP contribution in [-0.4, -0.2) is 33.5 Å². The predicted molar refractivity (Wildman–Crippen MR) is 110 cm³/mol. The first kappa shape index (κ1) is 19.0. The molecule has 0 saturated carbocycles. The van der Waals surface area contributed by atoms with Gasteiger partial charge < -0.3 is 9.47 Å². The number of hydrogen-bond donors (Lipinski definition) is 0. The van der Waals surface area contributed by atoms with Crippen molar-refractivity contribution in [3.8, 4) is 11.5 Å². The number of benzene rings is 2. The molecular formula is C21H21NO4S2. The van der Waals surface area contributed by atoms with E-state index in [-0.39, 0.29) is 0 Å². The molecule has 7 heteroatoms. The Morgan fingerprint density at radius 3 is 2.36 bits per heavy atom. The smallest absolute Gasteiger partial charge is 0.243 e. The van der Waals surface area contributed by atoms with Gasteiger partial charge in [-0.05, 0) is 53.3 Å². The van der Waals surface area contributed by atoms with Crippen molar-refractivity contribution in [3.63, 3.8) is 0 Å². The zero-order chi connectivity index (χ0) is 19.7. The second-order valence-corrected chi connectivity index (χ2v) is 9.37. The van der Waals surface area contributed by atoms with Crippen LogP contribution in [-0.2, 0) is 16.4 Å². The molecule has 146 valence electrons. The Labute approximate surface area is 169 Å². The third-order valence-corrected chi connectivity index (χ3v) is 7.80. The highest BCUT2D eigenvalue weighted by atomic mass is 32.2. The fourth-order valence-corrected chi connectivity index (χ4v) is 6.18. The van der Waals surface area contributed by atoms with E-state index in [9.17, 15) is 8.42 Å². The molecule has 4 rings (SSSR count). The molecule has 3 aromatic rings. The molecule has 1 aromatic heterocycles. The van der Waals surface area contributed by atoms with E-state index in [0.717, 1.165) is 16.0 Å². The Hall–Kier alpha value is -2.35. The standard InChI is InChI=1S/C21H21NO4S2/c1-25-18-13-15-10-11-22(28(23,24)16-7-4-3-5-8-16)21(20-9-6-12-27-20)17(15)14-19(18)26-2/h3-9,12-14,21H,10-11H2,1-2H3/t21-/m1/s1. The molecule has 28 heavy (non-hydrogen) atoms. The maximum Gasteiger partial charge on any atom is 0.243 e. The normalized spacial score (nSPS) is 17.1. The lowest BCUT2D eigenvalue weighted by Crippen LogP contribution is -2.40. The van der Waals surface area contributed by atoms with E-state index < -0.39 is 16.1 Å². The minimum absolute atomic E-state index is 0.306. The van der Waals surface area contributed by atoms with Crippen molar-refractivity contribution in [3.05, 3.63) is 76.0 Å². The Balaban J connectivity index is 1.89. The average Bonchev–Trinajstić information content (AvgIpc) is 3.26. The van der Waals surface area contributed by atoms with E-state index in [0.29, 0.717) is 29.4 Å². The van der Waals surface area contributed by atoms with Gasteiger partial charge in [-0.15, -0.1) is 11.3 Å². The molecule has 5 nitrogen and oxygen atoms in total. The molecule has 0 amide bonds. The van der Waals surface area contributed by atoms with E-state index in [4.69, 9.17) is 9.47 Å². The SMILES string of the molecule is COc1cc2c(cc1OC)[C@H](c1cccs1)N(S(=O)(=O)c1ccccc1)CC2. The van der Waals surface area contributed by atoms with Crippen LogP contribution in [0, 0.1) is 0 Å². The summed E-state index contributed by atoms with van der Waals surface area (Å²) in [7, 11) is -0.451. The molecule has 0 radical (unpaired) electrons. The van der Waals surface area contributed by atoms with Crippen molar-refractivity contribution in [2.24, 2.45) is 0 Å². The fourth-order valence-electron chi connectivity index (χ4n) is 3.65. The van der Waals surface area contributed by atoms with Crippen LogP contribution in [0.4, 0.5) is 0 Å². The van der Waals surface area contributed by atoms with Crippen LogP contribution < -0.4 is 9.47 Å². The van der Waals surface area contributed by atoms with Crippen LogP contribution in [0.25, 0.3) is 0 Å². The lowest BCUT2D eigenvalue weighted by molar-refractivity contribution is 0.334. The monoisotopic (exact) mass is 415 g/mol. The van der Waals surface area contributed by atoms with Crippen LogP contribution in [0.1, 0.15) is 22.0 Å². The summed E-state index contributed by atoms with van der Waals surface area (Å²) in [6, 6.07) is 16.0. The third-order valence-electron chi connectivity index (χ3n) is 4.99. The largest absolute Gasteiger partial charge is 0.493 e. The molecule has 0 unspecified atom stereocenters. The number of thiophene rings is 1. The number of fused-ring (bicyclic) bond motifs is 1. The molecule has 1 aliphatic rings. The molecule has 1 atom stereocenters. The molecule has 2 heterocycles. The van der Waals surface area contributed by atoms with Gasteiger partial charge in [0.2, 0.25) is 10.0 Å². The average molecular weight is 416 g/mol. The van der Waals surface area contributed by atoms with Gasteiger partial charge in [-0.2, -0.15) is 4.31 Å². The predicted octanol–water partition coefficient (Wildman–Crippen LogP) is 4.10. The van der Waals surface area contributed by atoms with Gasteiger partial charge in [0.15, 0.2) is 11.5 Å². The number of methoxy groups -OCH3 is 2. The number of sulfonamides is 1. The lowest BCUT2D eigenvalue weighted by Gasteiger charge is -2.36. The van der Waals surface area contributed by atoms with Gasteiger partial charge >= 0.3 is 0 Å². The Morgan fingerprint density at radius 2 is 1.71 bits per heavy atom. The molecule has 0 saturated heterocycles. The van der Waals surface area contributed by atoms with Crippen LogP contribution in [0.15, 0.2) is 64.9 Å². The fraction of sp³-hybridized carbons (Fsp3) is 0.238. The maximum absolute atomic E-state index is 13.5. The van der Waals surface area contributed by atoms with Crippen LogP contribution in [0.3, 0.4) is 0 Å². The van der Waals surface area contributed by atoms with Gasteiger partial charge in [0, 0.05) is 11.4 Å². The van der Waals surface area contributed by atoms with Crippen molar-refractivity contribution >= 4 is 21.4 Å². The summed E-state index contributed by atoms with van der Waals surface area (Å²) in [5, 5.41) is 1.97. The zero-order valence-electron chi connectivity index (χ0n) is 15.7. The number of hydrogen-bond acceptors (Lipinski definition) is 5. The molecule has 0 N–H and O–H groups in total. The van der Waals surface area contributed by atoms with Crippen LogP contribution in [0.5, 0.6) is 11.5 Å². The van der Waals surface area contributed by atoms with Crippen molar-refractivity contribution in [1.29, 1.82) is 0 Å². The van der Waals surface area contributed by atoms with E-state index in [1.54, 1.807) is 54.1 Å². The number of nitrogens with zero attached hydrogens (tertiary/aromatic N) is 1. The summed E-state index contributed by atoms with van der Waals surface area (Å²) in [5.74, 6) is 1.26. The second kappa shape index (κ2) is 7.58. The van der Waals surface area contributed by atoms with Crippen molar-refractivity contribution in [1.82, 2.24) is 4.31 Å². The summed E-state index contributed by atoms with van der Waals surface area (Å²) in [6.45, 7) is 0.405. The number of ether oxygens (including phenoxy) is 2. The summed E-state index contributed by atoms with van der Waals surface area (Å²) < 4.78 is 39.4. The molecule has 0 spiro atoms. The van der Waals surface area contributed by atoms with Crippen LogP contribution >= 0.6 is 11.3 Å².